The summed E-state index contributed by atoms with van der Waals surface area (Å²) in [6.07, 6.45) is 7.57. The molecule has 0 fully saturated rings. The maximum Gasteiger partial charge on any atom is 0 e. The number of unbranched alkanes of at least 4 members (excludes halogenated alkanes) is 4. The molecule has 0 unspecified atom stereocenters. The third-order valence-corrected chi connectivity index (χ3v) is 0.986. The topological polar surface area (TPSA) is 0 Å². The zero-order valence-corrected chi connectivity index (χ0v) is 12.2. The van der Waals surface area contributed by atoms with E-state index >= 15 is 0 Å². The van der Waals surface area contributed by atoms with E-state index in [1.165, 1.54) is 25.7 Å². The van der Waals surface area contributed by atoms with Crippen LogP contribution in [0.4, 0.5) is 0 Å². The predicted octanol–water partition coefficient (Wildman–Crippen LogP) is 2.79. The van der Waals surface area contributed by atoms with E-state index in [1.807, 2.05) is 0 Å². The van der Waals surface area contributed by atoms with Gasteiger partial charge < -0.3 is 6.42 Å². The van der Waals surface area contributed by atoms with Crippen LogP contribution >= 0.6 is 0 Å². The Morgan fingerprint density at radius 3 is 1.44 bits per heavy atom. The summed E-state index contributed by atoms with van der Waals surface area (Å²) < 4.78 is 0. The molecule has 0 amide bonds. The standard InChI is InChI=1S/C7H15.2Y/c1-3-5-7-6-4-2;;/h7H,3-6H2,1-2H3;;/q-1;;. The molecule has 0 aliphatic carbocycles. The van der Waals surface area contributed by atoms with Crippen molar-refractivity contribution in [2.75, 3.05) is 0 Å². The van der Waals surface area contributed by atoms with Crippen molar-refractivity contribution in [2.45, 2.75) is 39.5 Å². The van der Waals surface area contributed by atoms with Crippen molar-refractivity contribution in [3.05, 3.63) is 6.42 Å². The van der Waals surface area contributed by atoms with E-state index in [4.69, 9.17) is 0 Å². The van der Waals surface area contributed by atoms with E-state index in [1.54, 1.807) is 0 Å². The average Bonchev–Trinajstić information content (AvgIpc) is 1.69. The van der Waals surface area contributed by atoms with E-state index in [0.29, 0.717) is 0 Å². The summed E-state index contributed by atoms with van der Waals surface area (Å²) in [6, 6.07) is 0. The fourth-order valence-corrected chi connectivity index (χ4v) is 0.553. The molecule has 0 aliphatic rings. The van der Waals surface area contributed by atoms with Gasteiger partial charge >= 0.3 is 0 Å². The molecular formula is C7H15Y2-. The number of hydrogen-bond donors (Lipinski definition) is 0. The van der Waals surface area contributed by atoms with Crippen LogP contribution in [0.2, 0.25) is 0 Å². The first kappa shape index (κ1) is 17.3. The Hall–Kier alpha value is 2.21. The van der Waals surface area contributed by atoms with Gasteiger partial charge in [-0.2, -0.15) is 12.8 Å². The van der Waals surface area contributed by atoms with Crippen molar-refractivity contribution in [3.63, 3.8) is 0 Å². The van der Waals surface area contributed by atoms with Crippen LogP contribution in [0.25, 0.3) is 0 Å². The zero-order chi connectivity index (χ0) is 5.54. The summed E-state index contributed by atoms with van der Waals surface area (Å²) in [5, 5.41) is 0. The molecule has 0 aliphatic heterocycles. The Balaban J connectivity index is -0.000000180. The summed E-state index contributed by atoms with van der Waals surface area (Å²) in [5.74, 6) is 0. The fraction of sp³-hybridized carbons (Fsp3) is 0.857. The van der Waals surface area contributed by atoms with Gasteiger partial charge in [0.15, 0.2) is 0 Å². The molecule has 50 valence electrons. The molecule has 0 aromatic carbocycles. The molecule has 0 N–H and O–H groups in total. The van der Waals surface area contributed by atoms with Crippen LogP contribution in [0, 0.1) is 6.42 Å². The molecule has 0 heterocycles. The summed E-state index contributed by atoms with van der Waals surface area (Å²) in [5.41, 5.74) is 0. The van der Waals surface area contributed by atoms with E-state index in [-0.39, 0.29) is 65.4 Å². The number of rotatable bonds is 4. The van der Waals surface area contributed by atoms with Gasteiger partial charge in [-0.15, -0.1) is 0 Å². The SMILES string of the molecule is CCC[CH-]CCC.[Y].[Y]. The van der Waals surface area contributed by atoms with Crippen LogP contribution in [-0.4, -0.2) is 0 Å². The van der Waals surface area contributed by atoms with Crippen LogP contribution in [0.15, 0.2) is 0 Å². The molecule has 0 aromatic heterocycles. The molecule has 2 heteroatoms. The van der Waals surface area contributed by atoms with Crippen LogP contribution in [0.3, 0.4) is 0 Å². The van der Waals surface area contributed by atoms with Gasteiger partial charge in [-0.05, 0) is 0 Å². The van der Waals surface area contributed by atoms with Crippen molar-refractivity contribution < 1.29 is 65.4 Å². The Bertz CT molecular complexity index is 26.1. The fourth-order valence-electron chi connectivity index (χ4n) is 0.553. The normalized spacial score (nSPS) is 7.33. The minimum atomic E-state index is 0. The van der Waals surface area contributed by atoms with Gasteiger partial charge in [0.05, 0.1) is 0 Å². The molecule has 0 spiro atoms. The molecule has 2 radical (unpaired) electrons. The molecule has 0 nitrogen and oxygen atoms in total. The van der Waals surface area contributed by atoms with Gasteiger partial charge in [0, 0.05) is 65.4 Å². The monoisotopic (exact) mass is 277 g/mol. The molecule has 0 bridgehead atoms. The van der Waals surface area contributed by atoms with Crippen LogP contribution in [0.1, 0.15) is 39.5 Å². The summed E-state index contributed by atoms with van der Waals surface area (Å²) in [4.78, 5) is 0. The second-order valence-electron chi connectivity index (χ2n) is 1.87. The zero-order valence-electron chi connectivity index (χ0n) is 6.56. The summed E-state index contributed by atoms with van der Waals surface area (Å²) in [6.45, 7) is 4.43. The van der Waals surface area contributed by atoms with Crippen LogP contribution in [-0.2, 0) is 65.4 Å². The van der Waals surface area contributed by atoms with Crippen LogP contribution in [0.5, 0.6) is 0 Å². The Labute approximate surface area is 110 Å². The van der Waals surface area contributed by atoms with Gasteiger partial charge in [-0.3, -0.25) is 0 Å². The largest absolute Gasteiger partial charge is 0.329 e. The Morgan fingerprint density at radius 1 is 0.889 bits per heavy atom. The minimum absolute atomic E-state index is 0. The quantitative estimate of drug-likeness (QED) is 0.547. The first-order valence-electron chi connectivity index (χ1n) is 3.23. The van der Waals surface area contributed by atoms with Crippen molar-refractivity contribution in [3.8, 4) is 0 Å². The molecule has 0 atom stereocenters. The van der Waals surface area contributed by atoms with Crippen molar-refractivity contribution >= 4 is 0 Å². The van der Waals surface area contributed by atoms with E-state index in [9.17, 15) is 0 Å². The first-order chi connectivity index (χ1) is 3.41. The Kier molecular flexibility index (Phi) is 32.1. The second-order valence-corrected chi connectivity index (χ2v) is 1.87. The first-order valence-corrected chi connectivity index (χ1v) is 3.23. The van der Waals surface area contributed by atoms with Gasteiger partial charge in [0.25, 0.3) is 0 Å². The number of hydrogen-bond acceptors (Lipinski definition) is 0. The van der Waals surface area contributed by atoms with Gasteiger partial charge in [0.1, 0.15) is 0 Å². The molecule has 0 saturated heterocycles. The third-order valence-electron chi connectivity index (χ3n) is 0.986. The Morgan fingerprint density at radius 2 is 1.22 bits per heavy atom. The van der Waals surface area contributed by atoms with E-state index < -0.39 is 0 Å². The average molecular weight is 277 g/mol. The van der Waals surface area contributed by atoms with Gasteiger partial charge in [0.2, 0.25) is 0 Å². The van der Waals surface area contributed by atoms with Crippen molar-refractivity contribution in [1.82, 2.24) is 0 Å². The van der Waals surface area contributed by atoms with Crippen LogP contribution < -0.4 is 0 Å². The summed E-state index contributed by atoms with van der Waals surface area (Å²) in [7, 11) is 0. The smallest absolute Gasteiger partial charge is 0 e. The van der Waals surface area contributed by atoms with Gasteiger partial charge in [-0.1, -0.05) is 26.7 Å². The minimum Gasteiger partial charge on any atom is -0.329 e. The second kappa shape index (κ2) is 16.7. The van der Waals surface area contributed by atoms with Gasteiger partial charge in [-0.25, -0.2) is 0 Å². The third kappa shape index (κ3) is 17.8. The molecule has 0 rings (SSSR count). The predicted molar refractivity (Wildman–Crippen MR) is 34.1 cm³/mol. The molecular weight excluding hydrogens is 262 g/mol. The van der Waals surface area contributed by atoms with E-state index in [2.05, 4.69) is 20.3 Å². The summed E-state index contributed by atoms with van der Waals surface area (Å²) >= 11 is 0. The molecule has 0 saturated carbocycles. The van der Waals surface area contributed by atoms with Crippen molar-refractivity contribution in [2.24, 2.45) is 0 Å². The van der Waals surface area contributed by atoms with Crippen molar-refractivity contribution in [1.29, 1.82) is 0 Å². The maximum atomic E-state index is 2.36. The molecule has 0 aromatic rings. The van der Waals surface area contributed by atoms with E-state index in [0.717, 1.165) is 0 Å². The maximum absolute atomic E-state index is 2.36. The molecule has 9 heavy (non-hydrogen) atoms.